The molecule has 19 heavy (non-hydrogen) atoms. The van der Waals surface area contributed by atoms with E-state index in [4.69, 9.17) is 16.7 Å². The van der Waals surface area contributed by atoms with Gasteiger partial charge in [0, 0.05) is 23.7 Å². The zero-order valence-corrected chi connectivity index (χ0v) is 11.3. The molecule has 2 atom stereocenters. The molecule has 1 aromatic carbocycles. The number of nitro groups is 1. The summed E-state index contributed by atoms with van der Waals surface area (Å²) in [5, 5.41) is 22.7. The molecule has 0 aliphatic rings. The number of aliphatic hydroxyl groups excluding tert-OH is 1. The number of rotatable bonds is 5. The summed E-state index contributed by atoms with van der Waals surface area (Å²) >= 11 is 5.68. The number of hydrogen-bond acceptors (Lipinski definition) is 4. The summed E-state index contributed by atoms with van der Waals surface area (Å²) in [6, 6.07) is 3.57. The minimum Gasteiger partial charge on any atom is -0.396 e. The highest BCUT2D eigenvalue weighted by Gasteiger charge is 2.23. The fourth-order valence-electron chi connectivity index (χ4n) is 1.43. The van der Waals surface area contributed by atoms with Crippen molar-refractivity contribution >= 4 is 23.2 Å². The molecule has 2 unspecified atom stereocenters. The maximum atomic E-state index is 12.0. The molecule has 0 aliphatic heterocycles. The monoisotopic (exact) mass is 286 g/mol. The summed E-state index contributed by atoms with van der Waals surface area (Å²) in [7, 11) is 0. The minimum atomic E-state index is -0.652. The second kappa shape index (κ2) is 6.49. The maximum absolute atomic E-state index is 12.0. The van der Waals surface area contributed by atoms with E-state index in [0.29, 0.717) is 0 Å². The summed E-state index contributed by atoms with van der Waals surface area (Å²) in [6.07, 6.45) is 0. The molecule has 0 radical (unpaired) electrons. The zero-order valence-electron chi connectivity index (χ0n) is 10.6. The van der Waals surface area contributed by atoms with Crippen molar-refractivity contribution in [3.05, 3.63) is 38.9 Å². The quantitative estimate of drug-likeness (QED) is 0.639. The van der Waals surface area contributed by atoms with Gasteiger partial charge in [0.1, 0.15) is 5.56 Å². The number of amides is 1. The molecule has 104 valence electrons. The van der Waals surface area contributed by atoms with Gasteiger partial charge in [-0.1, -0.05) is 18.5 Å². The Hall–Kier alpha value is -1.66. The van der Waals surface area contributed by atoms with Crippen molar-refractivity contribution in [3.8, 4) is 0 Å². The van der Waals surface area contributed by atoms with Crippen molar-refractivity contribution < 1.29 is 14.8 Å². The van der Waals surface area contributed by atoms with E-state index in [1.807, 2.05) is 0 Å². The summed E-state index contributed by atoms with van der Waals surface area (Å²) in [4.78, 5) is 22.2. The highest BCUT2D eigenvalue weighted by molar-refractivity contribution is 6.31. The molecular weight excluding hydrogens is 272 g/mol. The first-order valence-corrected chi connectivity index (χ1v) is 6.10. The lowest BCUT2D eigenvalue weighted by Crippen LogP contribution is -2.38. The van der Waals surface area contributed by atoms with Crippen molar-refractivity contribution in [2.45, 2.75) is 19.9 Å². The third kappa shape index (κ3) is 3.90. The molecule has 0 fully saturated rings. The van der Waals surface area contributed by atoms with Crippen LogP contribution in [0.5, 0.6) is 0 Å². The summed E-state index contributed by atoms with van der Waals surface area (Å²) in [5.74, 6) is -0.702. The predicted molar refractivity (Wildman–Crippen MR) is 71.3 cm³/mol. The van der Waals surface area contributed by atoms with Gasteiger partial charge >= 0.3 is 0 Å². The Morgan fingerprint density at radius 2 is 2.16 bits per heavy atom. The molecule has 0 aliphatic carbocycles. The van der Waals surface area contributed by atoms with Crippen LogP contribution in [0.3, 0.4) is 0 Å². The SMILES string of the molecule is CC(CO)C(C)NC(=O)c1ccc(Cl)cc1[N+](=O)[O-]. The van der Waals surface area contributed by atoms with Gasteiger partial charge in [-0.25, -0.2) is 0 Å². The Morgan fingerprint density at radius 1 is 1.53 bits per heavy atom. The lowest BCUT2D eigenvalue weighted by atomic mass is 10.0. The molecule has 0 saturated heterocycles. The summed E-state index contributed by atoms with van der Waals surface area (Å²) in [6.45, 7) is 3.41. The Bertz CT molecular complexity index is 493. The number of carbonyl (C=O) groups is 1. The van der Waals surface area contributed by atoms with E-state index in [2.05, 4.69) is 5.32 Å². The third-order valence-electron chi connectivity index (χ3n) is 2.90. The van der Waals surface area contributed by atoms with Crippen LogP contribution in [0.1, 0.15) is 24.2 Å². The third-order valence-corrected chi connectivity index (χ3v) is 3.14. The van der Waals surface area contributed by atoms with E-state index in [0.717, 1.165) is 6.07 Å². The smallest absolute Gasteiger partial charge is 0.283 e. The molecule has 0 heterocycles. The van der Waals surface area contributed by atoms with E-state index in [1.165, 1.54) is 12.1 Å². The first kappa shape index (κ1) is 15.4. The van der Waals surface area contributed by atoms with Gasteiger partial charge in [0.2, 0.25) is 0 Å². The number of nitrogens with one attached hydrogen (secondary N) is 1. The van der Waals surface area contributed by atoms with Crippen LogP contribution in [0.15, 0.2) is 18.2 Å². The molecule has 0 spiro atoms. The van der Waals surface area contributed by atoms with Gasteiger partial charge < -0.3 is 10.4 Å². The number of nitro benzene ring substituents is 1. The van der Waals surface area contributed by atoms with Crippen LogP contribution in [-0.4, -0.2) is 28.6 Å². The van der Waals surface area contributed by atoms with Gasteiger partial charge in [0.05, 0.1) is 4.92 Å². The fraction of sp³-hybridized carbons (Fsp3) is 0.417. The van der Waals surface area contributed by atoms with Crippen molar-refractivity contribution in [2.24, 2.45) is 5.92 Å². The second-order valence-electron chi connectivity index (χ2n) is 4.34. The van der Waals surface area contributed by atoms with Crippen LogP contribution < -0.4 is 5.32 Å². The largest absolute Gasteiger partial charge is 0.396 e. The van der Waals surface area contributed by atoms with E-state index in [9.17, 15) is 14.9 Å². The maximum Gasteiger partial charge on any atom is 0.283 e. The highest BCUT2D eigenvalue weighted by Crippen LogP contribution is 2.23. The van der Waals surface area contributed by atoms with Crippen molar-refractivity contribution in [3.63, 3.8) is 0 Å². The topological polar surface area (TPSA) is 92.5 Å². The van der Waals surface area contributed by atoms with E-state index < -0.39 is 10.8 Å². The molecule has 1 aromatic rings. The lowest BCUT2D eigenvalue weighted by molar-refractivity contribution is -0.385. The number of halogens is 1. The number of aliphatic hydroxyl groups is 1. The predicted octanol–water partition coefficient (Wildman–Crippen LogP) is 1.99. The molecule has 0 aromatic heterocycles. The zero-order chi connectivity index (χ0) is 14.6. The fourth-order valence-corrected chi connectivity index (χ4v) is 1.60. The Kier molecular flexibility index (Phi) is 5.26. The number of carbonyl (C=O) groups excluding carboxylic acids is 1. The van der Waals surface area contributed by atoms with Gasteiger partial charge in [-0.3, -0.25) is 14.9 Å². The van der Waals surface area contributed by atoms with Crippen LogP contribution in [0.2, 0.25) is 5.02 Å². The van der Waals surface area contributed by atoms with Crippen molar-refractivity contribution in [2.75, 3.05) is 6.61 Å². The van der Waals surface area contributed by atoms with Crippen LogP contribution >= 0.6 is 11.6 Å². The average Bonchev–Trinajstić information content (AvgIpc) is 2.37. The molecule has 6 nitrogen and oxygen atoms in total. The molecule has 0 saturated carbocycles. The van der Waals surface area contributed by atoms with Gasteiger partial charge in [-0.15, -0.1) is 0 Å². The molecule has 2 N–H and O–H groups in total. The van der Waals surface area contributed by atoms with Crippen LogP contribution in [0, 0.1) is 16.0 Å². The first-order valence-electron chi connectivity index (χ1n) is 5.72. The standard InChI is InChI=1S/C12H15ClN2O4/c1-7(6-16)8(2)14-12(17)10-4-3-9(13)5-11(10)15(18)19/h3-5,7-8,16H,6H2,1-2H3,(H,14,17). The molecule has 0 bridgehead atoms. The van der Waals surface area contributed by atoms with Crippen molar-refractivity contribution in [1.82, 2.24) is 5.32 Å². The van der Waals surface area contributed by atoms with Crippen LogP contribution in [0.4, 0.5) is 5.69 Å². The van der Waals surface area contributed by atoms with Crippen LogP contribution in [-0.2, 0) is 0 Å². The summed E-state index contributed by atoms with van der Waals surface area (Å²) in [5.41, 5.74) is -0.389. The molecular formula is C12H15ClN2O4. The first-order chi connectivity index (χ1) is 8.86. The van der Waals surface area contributed by atoms with E-state index in [-0.39, 0.29) is 34.8 Å². The van der Waals surface area contributed by atoms with Crippen molar-refractivity contribution in [1.29, 1.82) is 0 Å². The summed E-state index contributed by atoms with van der Waals surface area (Å²) < 4.78 is 0. The Labute approximate surface area is 115 Å². The van der Waals surface area contributed by atoms with Gasteiger partial charge in [-0.2, -0.15) is 0 Å². The molecule has 1 amide bonds. The number of benzene rings is 1. The second-order valence-corrected chi connectivity index (χ2v) is 4.78. The highest BCUT2D eigenvalue weighted by atomic mass is 35.5. The minimum absolute atomic E-state index is 0.0496. The van der Waals surface area contributed by atoms with Gasteiger partial charge in [-0.05, 0) is 25.0 Å². The van der Waals surface area contributed by atoms with Crippen LogP contribution in [0.25, 0.3) is 0 Å². The number of nitrogens with zero attached hydrogens (tertiary/aromatic N) is 1. The normalized spacial score (nSPS) is 13.7. The van der Waals surface area contributed by atoms with Gasteiger partial charge in [0.15, 0.2) is 0 Å². The number of hydrogen-bond donors (Lipinski definition) is 2. The average molecular weight is 287 g/mol. The molecule has 1 rings (SSSR count). The molecule has 7 heteroatoms. The lowest BCUT2D eigenvalue weighted by Gasteiger charge is -2.19. The van der Waals surface area contributed by atoms with E-state index >= 15 is 0 Å². The Balaban J connectivity index is 2.97. The van der Waals surface area contributed by atoms with E-state index in [1.54, 1.807) is 13.8 Å². The van der Waals surface area contributed by atoms with Gasteiger partial charge in [0.25, 0.3) is 11.6 Å². The Morgan fingerprint density at radius 3 is 2.68 bits per heavy atom.